The van der Waals surface area contributed by atoms with Crippen LogP contribution < -0.4 is 10.1 Å². The number of carbonyl (C=O) groups excluding carboxylic acids is 2. The highest BCUT2D eigenvalue weighted by molar-refractivity contribution is 7.12. The fourth-order valence-corrected chi connectivity index (χ4v) is 4.16. The van der Waals surface area contributed by atoms with E-state index in [1.165, 1.54) is 16.9 Å². The Kier molecular flexibility index (Phi) is 7.80. The number of likely N-dealkylation sites (tertiary alicyclic amines) is 1. The van der Waals surface area contributed by atoms with Crippen molar-refractivity contribution in [3.05, 3.63) is 51.7 Å². The summed E-state index contributed by atoms with van der Waals surface area (Å²) in [5.41, 5.74) is 1.79. The van der Waals surface area contributed by atoms with Crippen molar-refractivity contribution in [3.8, 4) is 5.75 Å². The van der Waals surface area contributed by atoms with Crippen molar-refractivity contribution in [3.63, 3.8) is 0 Å². The van der Waals surface area contributed by atoms with E-state index in [4.69, 9.17) is 9.47 Å². The predicted octanol–water partition coefficient (Wildman–Crippen LogP) is 3.37. The van der Waals surface area contributed by atoms with Gasteiger partial charge in [0, 0.05) is 38.9 Å². The van der Waals surface area contributed by atoms with E-state index < -0.39 is 0 Å². The highest BCUT2D eigenvalue weighted by Gasteiger charge is 2.21. The quantitative estimate of drug-likeness (QED) is 0.501. The number of piperidine rings is 1. The molecule has 0 saturated carbocycles. The van der Waals surface area contributed by atoms with Gasteiger partial charge in [-0.2, -0.15) is 0 Å². The number of methoxy groups -OCH3 is 1. The van der Waals surface area contributed by atoms with Crippen molar-refractivity contribution in [2.24, 2.45) is 0 Å². The summed E-state index contributed by atoms with van der Waals surface area (Å²) in [6.45, 7) is 5.35. The van der Waals surface area contributed by atoms with Crippen LogP contribution in [0.5, 0.6) is 5.75 Å². The monoisotopic (exact) mass is 416 g/mol. The Morgan fingerprint density at radius 1 is 1.24 bits per heavy atom. The molecular weight excluding hydrogens is 388 g/mol. The first kappa shape index (κ1) is 21.5. The molecule has 0 radical (unpaired) electrons. The highest BCUT2D eigenvalue weighted by atomic mass is 32.1. The Morgan fingerprint density at radius 3 is 2.72 bits per heavy atom. The molecule has 0 spiro atoms. The van der Waals surface area contributed by atoms with Gasteiger partial charge in [-0.15, -0.1) is 11.3 Å². The zero-order valence-electron chi connectivity index (χ0n) is 17.0. The Hall–Kier alpha value is -2.22. The van der Waals surface area contributed by atoms with Gasteiger partial charge >= 0.3 is 0 Å². The molecule has 6 nitrogen and oxygen atoms in total. The topological polar surface area (TPSA) is 67.9 Å². The molecule has 0 unspecified atom stereocenters. The number of Topliss-reactive ketones (excluding diaryl/α,β-unsaturated/α-hetero) is 1. The normalized spacial score (nSPS) is 15.2. The molecule has 1 amide bonds. The number of ether oxygens (including phenoxy) is 2. The van der Waals surface area contributed by atoms with Crippen LogP contribution in [0.15, 0.2) is 35.7 Å². The molecule has 0 aliphatic carbocycles. The number of hydrogen-bond acceptors (Lipinski definition) is 6. The van der Waals surface area contributed by atoms with Gasteiger partial charge in [0.15, 0.2) is 5.78 Å². The molecule has 1 N–H and O–H groups in total. The first-order chi connectivity index (χ1) is 14.0. The summed E-state index contributed by atoms with van der Waals surface area (Å²) < 4.78 is 11.1. The fraction of sp³-hybridized carbons (Fsp3) is 0.455. The molecule has 29 heavy (non-hydrogen) atoms. The average Bonchev–Trinajstić information content (AvgIpc) is 3.19. The first-order valence-electron chi connectivity index (χ1n) is 9.89. The number of thiophene rings is 1. The second-order valence-electron chi connectivity index (χ2n) is 7.25. The van der Waals surface area contributed by atoms with Crippen molar-refractivity contribution in [1.82, 2.24) is 10.2 Å². The number of carbonyl (C=O) groups is 2. The smallest absolute Gasteiger partial charge is 0.251 e. The molecule has 1 saturated heterocycles. The Balaban J connectivity index is 1.47. The van der Waals surface area contributed by atoms with Gasteiger partial charge in [-0.1, -0.05) is 6.07 Å². The average molecular weight is 417 g/mol. The second-order valence-corrected chi connectivity index (χ2v) is 8.16. The van der Waals surface area contributed by atoms with Crippen LogP contribution in [0.3, 0.4) is 0 Å². The Labute approximate surface area is 175 Å². The van der Waals surface area contributed by atoms with E-state index in [2.05, 4.69) is 15.6 Å². The van der Waals surface area contributed by atoms with Crippen molar-refractivity contribution < 1.29 is 19.1 Å². The van der Waals surface area contributed by atoms with Crippen molar-refractivity contribution in [2.75, 3.05) is 33.4 Å². The largest absolute Gasteiger partial charge is 0.490 e. The lowest BCUT2D eigenvalue weighted by atomic mass is 10.1. The maximum Gasteiger partial charge on any atom is 0.251 e. The van der Waals surface area contributed by atoms with Crippen LogP contribution >= 0.6 is 11.3 Å². The summed E-state index contributed by atoms with van der Waals surface area (Å²) in [7, 11) is 1.61. The number of nitrogens with one attached hydrogen (secondary N) is 1. The third kappa shape index (κ3) is 6.39. The minimum Gasteiger partial charge on any atom is -0.490 e. The lowest BCUT2D eigenvalue weighted by Gasteiger charge is -2.32. The van der Waals surface area contributed by atoms with E-state index in [-0.39, 0.29) is 17.8 Å². The van der Waals surface area contributed by atoms with E-state index in [1.54, 1.807) is 26.2 Å². The van der Waals surface area contributed by atoms with Gasteiger partial charge in [-0.3, -0.25) is 14.5 Å². The lowest BCUT2D eigenvalue weighted by Crippen LogP contribution is -2.37. The second kappa shape index (κ2) is 10.5. The van der Waals surface area contributed by atoms with E-state index >= 15 is 0 Å². The van der Waals surface area contributed by atoms with Crippen LogP contribution in [-0.4, -0.2) is 56.0 Å². The Morgan fingerprint density at radius 2 is 2.03 bits per heavy atom. The van der Waals surface area contributed by atoms with Gasteiger partial charge in [-0.05, 0) is 55.0 Å². The van der Waals surface area contributed by atoms with Crippen molar-refractivity contribution >= 4 is 23.0 Å². The van der Waals surface area contributed by atoms with E-state index in [0.29, 0.717) is 18.7 Å². The summed E-state index contributed by atoms with van der Waals surface area (Å²) in [6.07, 6.45) is 2.02. The minimum absolute atomic E-state index is 0.122. The zero-order valence-corrected chi connectivity index (χ0v) is 17.8. The SMILES string of the molecule is COCCNC(=O)c1cccc(OC2CCN(Cc3csc(C(C)=O)c3)CC2)c1. The summed E-state index contributed by atoms with van der Waals surface area (Å²) in [5.74, 6) is 0.734. The van der Waals surface area contributed by atoms with Crippen LogP contribution in [-0.2, 0) is 11.3 Å². The summed E-state index contributed by atoms with van der Waals surface area (Å²) >= 11 is 1.52. The van der Waals surface area contributed by atoms with Crippen LogP contribution in [0.4, 0.5) is 0 Å². The van der Waals surface area contributed by atoms with Crippen molar-refractivity contribution in [1.29, 1.82) is 0 Å². The number of ketones is 1. The zero-order chi connectivity index (χ0) is 20.6. The molecule has 3 rings (SSSR count). The first-order valence-corrected chi connectivity index (χ1v) is 10.8. The number of benzene rings is 1. The van der Waals surface area contributed by atoms with Gasteiger partial charge in [0.05, 0.1) is 11.5 Å². The third-order valence-electron chi connectivity index (χ3n) is 4.93. The highest BCUT2D eigenvalue weighted by Crippen LogP contribution is 2.23. The molecular formula is C22H28N2O4S. The number of rotatable bonds is 9. The molecule has 1 aliphatic heterocycles. The van der Waals surface area contributed by atoms with Gasteiger partial charge in [0.25, 0.3) is 5.91 Å². The molecule has 1 aromatic heterocycles. The van der Waals surface area contributed by atoms with Gasteiger partial charge < -0.3 is 14.8 Å². The molecule has 1 aromatic carbocycles. The van der Waals surface area contributed by atoms with Crippen LogP contribution in [0, 0.1) is 0 Å². The summed E-state index contributed by atoms with van der Waals surface area (Å²) in [6, 6.07) is 9.32. The summed E-state index contributed by atoms with van der Waals surface area (Å²) in [5, 5.41) is 4.89. The summed E-state index contributed by atoms with van der Waals surface area (Å²) in [4.78, 5) is 26.8. The minimum atomic E-state index is -0.122. The van der Waals surface area contributed by atoms with E-state index in [0.717, 1.165) is 43.1 Å². The molecule has 7 heteroatoms. The van der Waals surface area contributed by atoms with Crippen LogP contribution in [0.2, 0.25) is 0 Å². The molecule has 1 aliphatic rings. The fourth-order valence-electron chi connectivity index (χ4n) is 3.36. The lowest BCUT2D eigenvalue weighted by molar-refractivity contribution is 0.0924. The third-order valence-corrected chi connectivity index (χ3v) is 6.01. The Bertz CT molecular complexity index is 828. The van der Waals surface area contributed by atoms with Gasteiger partial charge in [0.2, 0.25) is 0 Å². The molecule has 0 bridgehead atoms. The number of amides is 1. The van der Waals surface area contributed by atoms with E-state index in [9.17, 15) is 9.59 Å². The maximum absolute atomic E-state index is 12.2. The van der Waals surface area contributed by atoms with Crippen LogP contribution in [0.1, 0.15) is 45.4 Å². The molecule has 156 valence electrons. The van der Waals surface area contributed by atoms with Crippen LogP contribution in [0.25, 0.3) is 0 Å². The molecule has 2 heterocycles. The molecule has 0 atom stereocenters. The van der Waals surface area contributed by atoms with Crippen molar-refractivity contribution in [2.45, 2.75) is 32.4 Å². The van der Waals surface area contributed by atoms with Gasteiger partial charge in [0.1, 0.15) is 11.9 Å². The van der Waals surface area contributed by atoms with E-state index in [1.807, 2.05) is 18.2 Å². The molecule has 1 fully saturated rings. The predicted molar refractivity (Wildman–Crippen MR) is 114 cm³/mol. The standard InChI is InChI=1S/C22H28N2O4S/c1-16(25)21-12-17(15-29-21)14-24-9-6-19(7-10-24)28-20-5-3-4-18(13-20)22(26)23-8-11-27-2/h3-5,12-13,15,19H,6-11,14H2,1-2H3,(H,23,26). The molecule has 2 aromatic rings. The number of nitrogens with zero attached hydrogens (tertiary/aromatic N) is 1. The number of hydrogen-bond donors (Lipinski definition) is 1. The van der Waals surface area contributed by atoms with Gasteiger partial charge in [-0.25, -0.2) is 0 Å². The maximum atomic E-state index is 12.2.